The summed E-state index contributed by atoms with van der Waals surface area (Å²) in [6, 6.07) is 3.25. The van der Waals surface area contributed by atoms with E-state index in [1.807, 2.05) is 0 Å². The van der Waals surface area contributed by atoms with Crippen molar-refractivity contribution in [2.75, 3.05) is 19.0 Å². The molecule has 0 atom stereocenters. The maximum atomic E-state index is 13.7. The van der Waals surface area contributed by atoms with Gasteiger partial charge in [0.15, 0.2) is 0 Å². The number of Topliss-reactive ketones (excluding diaryl/α,β-unsaturated/α-hetero) is 1. The first kappa shape index (κ1) is 14.8. The lowest BCUT2D eigenvalue weighted by molar-refractivity contribution is -0.200. The summed E-state index contributed by atoms with van der Waals surface area (Å²) in [6.45, 7) is 0. The molecule has 0 aromatic carbocycles. The highest BCUT2D eigenvalue weighted by Gasteiger charge is 2.58. The number of carbonyl (C=O) groups is 1. The first-order valence-corrected chi connectivity index (χ1v) is 6.49. The fourth-order valence-corrected chi connectivity index (χ4v) is 2.74. The maximum absolute atomic E-state index is 13.7. The number of carbonyl (C=O) groups excluding carboxylic acids is 1. The molecule has 1 heterocycles. The van der Waals surface area contributed by atoms with Gasteiger partial charge in [-0.25, -0.2) is 0 Å². The van der Waals surface area contributed by atoms with Crippen molar-refractivity contribution in [3.05, 3.63) is 24.0 Å². The second-order valence-electron chi connectivity index (χ2n) is 5.38. The van der Waals surface area contributed by atoms with Crippen LogP contribution in [0.15, 0.2) is 18.3 Å². The number of ketones is 1. The summed E-state index contributed by atoms with van der Waals surface area (Å²) in [6.07, 6.45) is -3.54. The van der Waals surface area contributed by atoms with Gasteiger partial charge in [-0.1, -0.05) is 0 Å². The molecule has 0 bridgehead atoms. The molecular formula is C14H17F3N2O. The molecule has 0 radical (unpaired) electrons. The lowest BCUT2D eigenvalue weighted by Gasteiger charge is -2.39. The second kappa shape index (κ2) is 5.07. The number of hydrogen-bond acceptors (Lipinski definition) is 3. The summed E-state index contributed by atoms with van der Waals surface area (Å²) in [4.78, 5) is 17.0. The minimum atomic E-state index is -4.41. The van der Waals surface area contributed by atoms with Gasteiger partial charge in [0.1, 0.15) is 11.2 Å². The monoisotopic (exact) mass is 286 g/mol. The Morgan fingerprint density at radius 2 is 1.85 bits per heavy atom. The molecule has 1 aliphatic carbocycles. The standard InChI is InChI=1S/C14H17F3N2O/c1-19(2)11-4-3-9-18-12(11)13(14(15,16)17)7-5-10(20)6-8-13/h3-4,9H,5-8H2,1-2H3. The zero-order chi connectivity index (χ0) is 15.0. The number of aromatic nitrogens is 1. The predicted molar refractivity (Wildman–Crippen MR) is 69.8 cm³/mol. The van der Waals surface area contributed by atoms with E-state index in [4.69, 9.17) is 0 Å². The first-order valence-electron chi connectivity index (χ1n) is 6.49. The van der Waals surface area contributed by atoms with Crippen LogP contribution in [0.2, 0.25) is 0 Å². The third-order valence-corrected chi connectivity index (χ3v) is 3.93. The van der Waals surface area contributed by atoms with Crippen LogP contribution in [0.25, 0.3) is 0 Å². The Kier molecular flexibility index (Phi) is 3.75. The Labute approximate surface area is 115 Å². The summed E-state index contributed by atoms with van der Waals surface area (Å²) in [7, 11) is 3.39. The van der Waals surface area contributed by atoms with Crippen LogP contribution in [-0.4, -0.2) is 31.0 Å². The van der Waals surface area contributed by atoms with Crippen molar-refractivity contribution >= 4 is 11.5 Å². The molecule has 0 amide bonds. The van der Waals surface area contributed by atoms with Crippen LogP contribution in [-0.2, 0) is 10.2 Å². The van der Waals surface area contributed by atoms with Gasteiger partial charge in [0.2, 0.25) is 0 Å². The lowest BCUT2D eigenvalue weighted by atomic mass is 9.70. The molecule has 20 heavy (non-hydrogen) atoms. The number of hydrogen-bond donors (Lipinski definition) is 0. The fraction of sp³-hybridized carbons (Fsp3) is 0.571. The van der Waals surface area contributed by atoms with Gasteiger partial charge >= 0.3 is 6.18 Å². The van der Waals surface area contributed by atoms with Crippen LogP contribution < -0.4 is 4.90 Å². The molecule has 0 saturated heterocycles. The summed E-state index contributed by atoms with van der Waals surface area (Å²) in [5.41, 5.74) is -1.52. The maximum Gasteiger partial charge on any atom is 0.400 e. The van der Waals surface area contributed by atoms with Crippen LogP contribution >= 0.6 is 0 Å². The summed E-state index contributed by atoms with van der Waals surface area (Å²) in [5.74, 6) is -0.104. The quantitative estimate of drug-likeness (QED) is 0.837. The van der Waals surface area contributed by atoms with E-state index in [9.17, 15) is 18.0 Å². The van der Waals surface area contributed by atoms with Gasteiger partial charge in [0, 0.05) is 33.1 Å². The van der Waals surface area contributed by atoms with Crippen molar-refractivity contribution in [2.24, 2.45) is 0 Å². The Balaban J connectivity index is 2.56. The largest absolute Gasteiger partial charge is 0.400 e. The van der Waals surface area contributed by atoms with Gasteiger partial charge in [0.25, 0.3) is 0 Å². The van der Waals surface area contributed by atoms with Crippen LogP contribution in [0.5, 0.6) is 0 Å². The highest BCUT2D eigenvalue weighted by atomic mass is 19.4. The van der Waals surface area contributed by atoms with E-state index in [-0.39, 0.29) is 37.2 Å². The molecule has 1 saturated carbocycles. The summed E-state index contributed by atoms with van der Waals surface area (Å²) >= 11 is 0. The van der Waals surface area contributed by atoms with Gasteiger partial charge in [-0.2, -0.15) is 13.2 Å². The molecule has 6 heteroatoms. The Bertz CT molecular complexity index is 501. The predicted octanol–water partition coefficient (Wildman–Crippen LogP) is 3.09. The van der Waals surface area contributed by atoms with E-state index in [1.54, 1.807) is 31.1 Å². The summed E-state index contributed by atoms with van der Waals surface area (Å²) < 4.78 is 41.0. The van der Waals surface area contributed by atoms with Gasteiger partial charge in [0.05, 0.1) is 11.4 Å². The molecule has 0 aliphatic heterocycles. The average Bonchev–Trinajstić information content (AvgIpc) is 2.38. The molecular weight excluding hydrogens is 269 g/mol. The molecule has 0 spiro atoms. The third-order valence-electron chi connectivity index (χ3n) is 3.93. The molecule has 2 rings (SSSR count). The number of pyridine rings is 1. The molecule has 3 nitrogen and oxygen atoms in total. The van der Waals surface area contributed by atoms with E-state index in [0.717, 1.165) is 0 Å². The van der Waals surface area contributed by atoms with Crippen LogP contribution in [0, 0.1) is 0 Å². The van der Waals surface area contributed by atoms with Crippen molar-refractivity contribution in [3.8, 4) is 0 Å². The van der Waals surface area contributed by atoms with Crippen molar-refractivity contribution in [1.29, 1.82) is 0 Å². The third kappa shape index (κ3) is 2.39. The van der Waals surface area contributed by atoms with Crippen LogP contribution in [0.3, 0.4) is 0 Å². The normalized spacial score (nSPS) is 18.9. The molecule has 1 aromatic heterocycles. The average molecular weight is 286 g/mol. The van der Waals surface area contributed by atoms with E-state index in [0.29, 0.717) is 5.69 Å². The molecule has 0 unspecified atom stereocenters. The molecule has 1 aliphatic rings. The number of alkyl halides is 3. The molecule has 1 fully saturated rings. The van der Waals surface area contributed by atoms with Gasteiger partial charge < -0.3 is 4.90 Å². The van der Waals surface area contributed by atoms with Crippen molar-refractivity contribution < 1.29 is 18.0 Å². The van der Waals surface area contributed by atoms with Crippen LogP contribution in [0.4, 0.5) is 18.9 Å². The van der Waals surface area contributed by atoms with Crippen LogP contribution in [0.1, 0.15) is 31.4 Å². The number of anilines is 1. The fourth-order valence-electron chi connectivity index (χ4n) is 2.74. The van der Waals surface area contributed by atoms with Gasteiger partial charge in [-0.05, 0) is 25.0 Å². The Morgan fingerprint density at radius 1 is 1.25 bits per heavy atom. The zero-order valence-corrected chi connectivity index (χ0v) is 11.5. The summed E-state index contributed by atoms with van der Waals surface area (Å²) in [5, 5.41) is 0. The smallest absolute Gasteiger partial charge is 0.376 e. The SMILES string of the molecule is CN(C)c1cccnc1C1(C(F)(F)F)CCC(=O)CC1. The van der Waals surface area contributed by atoms with Crippen molar-refractivity contribution in [2.45, 2.75) is 37.3 Å². The molecule has 110 valence electrons. The lowest BCUT2D eigenvalue weighted by Crippen LogP contribution is -2.46. The second-order valence-corrected chi connectivity index (χ2v) is 5.38. The Morgan fingerprint density at radius 3 is 2.35 bits per heavy atom. The topological polar surface area (TPSA) is 33.2 Å². The minimum absolute atomic E-state index is 0.0324. The van der Waals surface area contributed by atoms with E-state index < -0.39 is 11.6 Å². The van der Waals surface area contributed by atoms with Gasteiger partial charge in [-0.15, -0.1) is 0 Å². The molecule has 1 aromatic rings. The highest BCUT2D eigenvalue weighted by Crippen LogP contribution is 2.51. The zero-order valence-electron chi connectivity index (χ0n) is 11.5. The first-order chi connectivity index (χ1) is 9.28. The highest BCUT2D eigenvalue weighted by molar-refractivity contribution is 5.80. The number of rotatable bonds is 2. The number of nitrogens with zero attached hydrogens (tertiary/aromatic N) is 2. The Hall–Kier alpha value is -1.59. The van der Waals surface area contributed by atoms with Crippen molar-refractivity contribution in [3.63, 3.8) is 0 Å². The number of halogens is 3. The van der Waals surface area contributed by atoms with E-state index >= 15 is 0 Å². The molecule has 0 N–H and O–H groups in total. The van der Waals surface area contributed by atoms with E-state index in [2.05, 4.69) is 4.98 Å². The van der Waals surface area contributed by atoms with E-state index in [1.165, 1.54) is 6.20 Å². The minimum Gasteiger partial charge on any atom is -0.376 e. The van der Waals surface area contributed by atoms with Crippen molar-refractivity contribution in [1.82, 2.24) is 4.98 Å². The van der Waals surface area contributed by atoms with Gasteiger partial charge in [-0.3, -0.25) is 9.78 Å².